The van der Waals surface area contributed by atoms with Crippen LogP contribution in [0.1, 0.15) is 23.1 Å². The molecule has 0 fully saturated rings. The van der Waals surface area contributed by atoms with E-state index in [1.54, 1.807) is 14.0 Å². The molecule has 1 rings (SSSR count). The molecule has 6 nitrogen and oxygen atoms in total. The van der Waals surface area contributed by atoms with Gasteiger partial charge in [-0.2, -0.15) is 0 Å². The quantitative estimate of drug-likeness (QED) is 0.731. The first-order valence-corrected chi connectivity index (χ1v) is 4.96. The van der Waals surface area contributed by atoms with E-state index < -0.39 is 5.97 Å². The van der Waals surface area contributed by atoms with E-state index in [9.17, 15) is 4.79 Å². The van der Waals surface area contributed by atoms with Crippen molar-refractivity contribution >= 4 is 11.8 Å². The number of aromatic nitrogens is 2. The van der Waals surface area contributed by atoms with E-state index in [4.69, 9.17) is 15.2 Å². The van der Waals surface area contributed by atoms with Crippen molar-refractivity contribution in [3.8, 4) is 0 Å². The molecule has 0 atom stereocenters. The van der Waals surface area contributed by atoms with Crippen molar-refractivity contribution in [2.24, 2.45) is 0 Å². The Balaban J connectivity index is 2.78. The van der Waals surface area contributed by atoms with Gasteiger partial charge in [0.05, 0.1) is 13.2 Å². The molecular weight excluding hydrogens is 210 g/mol. The highest BCUT2D eigenvalue weighted by molar-refractivity contribution is 5.93. The van der Waals surface area contributed by atoms with Crippen LogP contribution < -0.4 is 5.73 Å². The summed E-state index contributed by atoms with van der Waals surface area (Å²) in [7, 11) is 1.59. The number of nitrogens with two attached hydrogens (primary N) is 1. The van der Waals surface area contributed by atoms with E-state index in [0.717, 1.165) is 0 Å². The summed E-state index contributed by atoms with van der Waals surface area (Å²) >= 11 is 0. The second-order valence-corrected chi connectivity index (χ2v) is 3.05. The van der Waals surface area contributed by atoms with Crippen LogP contribution in [0.2, 0.25) is 0 Å². The van der Waals surface area contributed by atoms with Crippen molar-refractivity contribution in [2.75, 3.05) is 26.1 Å². The van der Waals surface area contributed by atoms with Crippen LogP contribution in [0.25, 0.3) is 0 Å². The molecule has 0 saturated carbocycles. The first kappa shape index (κ1) is 12.4. The molecule has 0 aliphatic carbocycles. The molecule has 16 heavy (non-hydrogen) atoms. The van der Waals surface area contributed by atoms with E-state index in [1.165, 1.54) is 6.20 Å². The van der Waals surface area contributed by atoms with Gasteiger partial charge in [0.15, 0.2) is 0 Å². The van der Waals surface area contributed by atoms with Gasteiger partial charge in [0.1, 0.15) is 17.2 Å². The monoisotopic (exact) mass is 225 g/mol. The molecule has 1 heterocycles. The Kier molecular flexibility index (Phi) is 4.65. The molecule has 0 bridgehead atoms. The first-order chi connectivity index (χ1) is 7.69. The zero-order valence-corrected chi connectivity index (χ0v) is 9.40. The van der Waals surface area contributed by atoms with Gasteiger partial charge in [-0.15, -0.1) is 0 Å². The molecule has 0 aromatic carbocycles. The van der Waals surface area contributed by atoms with Gasteiger partial charge >= 0.3 is 5.97 Å². The van der Waals surface area contributed by atoms with E-state index in [0.29, 0.717) is 25.5 Å². The van der Waals surface area contributed by atoms with Gasteiger partial charge in [-0.3, -0.25) is 0 Å². The van der Waals surface area contributed by atoms with Crippen LogP contribution >= 0.6 is 0 Å². The lowest BCUT2D eigenvalue weighted by atomic mass is 10.3. The summed E-state index contributed by atoms with van der Waals surface area (Å²) in [6, 6.07) is 0. The number of methoxy groups -OCH3 is 1. The highest BCUT2D eigenvalue weighted by atomic mass is 16.5. The van der Waals surface area contributed by atoms with Crippen molar-refractivity contribution in [3.63, 3.8) is 0 Å². The number of esters is 1. The van der Waals surface area contributed by atoms with Gasteiger partial charge in [-0.1, -0.05) is 0 Å². The highest BCUT2D eigenvalue weighted by Gasteiger charge is 2.13. The molecule has 0 saturated heterocycles. The van der Waals surface area contributed by atoms with Crippen LogP contribution in [-0.4, -0.2) is 36.3 Å². The van der Waals surface area contributed by atoms with E-state index in [1.807, 2.05) is 0 Å². The summed E-state index contributed by atoms with van der Waals surface area (Å²) in [4.78, 5) is 19.4. The maximum absolute atomic E-state index is 11.4. The molecule has 1 aromatic heterocycles. The van der Waals surface area contributed by atoms with Gasteiger partial charge in [-0.25, -0.2) is 14.8 Å². The molecule has 2 N–H and O–H groups in total. The van der Waals surface area contributed by atoms with E-state index in [-0.39, 0.29) is 11.4 Å². The van der Waals surface area contributed by atoms with Crippen molar-refractivity contribution in [2.45, 2.75) is 13.3 Å². The Bertz CT molecular complexity index is 368. The number of anilines is 1. The van der Waals surface area contributed by atoms with Crippen molar-refractivity contribution in [3.05, 3.63) is 17.6 Å². The van der Waals surface area contributed by atoms with Crippen LogP contribution in [-0.2, 0) is 15.9 Å². The third-order valence-corrected chi connectivity index (χ3v) is 1.89. The summed E-state index contributed by atoms with van der Waals surface area (Å²) in [5.74, 6) is 0.185. The van der Waals surface area contributed by atoms with Crippen molar-refractivity contribution in [1.29, 1.82) is 0 Å². The molecule has 88 valence electrons. The third-order valence-electron chi connectivity index (χ3n) is 1.89. The fraction of sp³-hybridized carbons (Fsp3) is 0.500. The number of nitrogen functional groups attached to an aromatic ring is 1. The minimum absolute atomic E-state index is 0.138. The number of ether oxygens (including phenoxy) is 2. The van der Waals surface area contributed by atoms with Gasteiger partial charge in [0, 0.05) is 19.7 Å². The average molecular weight is 225 g/mol. The molecule has 1 aromatic rings. The standard InChI is InChI=1S/C10H15N3O3/c1-3-16-10(14)7-6-12-8(4-5-15-2)13-9(7)11/h6H,3-5H2,1-2H3,(H2,11,12,13). The number of rotatable bonds is 5. The summed E-state index contributed by atoms with van der Waals surface area (Å²) in [6.45, 7) is 2.53. The van der Waals surface area contributed by atoms with Crippen LogP contribution in [0.5, 0.6) is 0 Å². The number of carbonyl (C=O) groups is 1. The zero-order chi connectivity index (χ0) is 12.0. The second-order valence-electron chi connectivity index (χ2n) is 3.05. The first-order valence-electron chi connectivity index (χ1n) is 4.96. The zero-order valence-electron chi connectivity index (χ0n) is 9.40. The molecule has 6 heteroatoms. The number of carbonyl (C=O) groups excluding carboxylic acids is 1. The number of hydrogen-bond donors (Lipinski definition) is 1. The second kappa shape index (κ2) is 6.02. The lowest BCUT2D eigenvalue weighted by Crippen LogP contribution is -2.12. The fourth-order valence-corrected chi connectivity index (χ4v) is 1.11. The van der Waals surface area contributed by atoms with E-state index >= 15 is 0 Å². The van der Waals surface area contributed by atoms with Crippen LogP contribution in [0, 0.1) is 0 Å². The summed E-state index contributed by atoms with van der Waals surface area (Å²) in [5.41, 5.74) is 5.83. The lowest BCUT2D eigenvalue weighted by molar-refractivity contribution is 0.0526. The fourth-order valence-electron chi connectivity index (χ4n) is 1.11. The van der Waals surface area contributed by atoms with Gasteiger partial charge < -0.3 is 15.2 Å². The molecule has 0 radical (unpaired) electrons. The summed E-state index contributed by atoms with van der Waals surface area (Å²) in [5, 5.41) is 0. The third kappa shape index (κ3) is 3.16. The molecular formula is C10H15N3O3. The SMILES string of the molecule is CCOC(=O)c1cnc(CCOC)nc1N. The Morgan fingerprint density at radius 2 is 2.31 bits per heavy atom. The smallest absolute Gasteiger partial charge is 0.343 e. The average Bonchev–Trinajstić information content (AvgIpc) is 2.26. The van der Waals surface area contributed by atoms with E-state index in [2.05, 4.69) is 9.97 Å². The molecule has 0 aliphatic rings. The molecule has 0 spiro atoms. The van der Waals surface area contributed by atoms with Crippen molar-refractivity contribution in [1.82, 2.24) is 9.97 Å². The predicted molar refractivity (Wildman–Crippen MR) is 58.0 cm³/mol. The maximum Gasteiger partial charge on any atom is 0.343 e. The normalized spacial score (nSPS) is 10.1. The van der Waals surface area contributed by atoms with Gasteiger partial charge in [0.2, 0.25) is 0 Å². The van der Waals surface area contributed by atoms with Crippen LogP contribution in [0.3, 0.4) is 0 Å². The predicted octanol–water partition coefficient (Wildman–Crippen LogP) is 0.424. The summed E-state index contributed by atoms with van der Waals surface area (Å²) < 4.78 is 9.70. The summed E-state index contributed by atoms with van der Waals surface area (Å²) in [6.07, 6.45) is 1.94. The highest BCUT2D eigenvalue weighted by Crippen LogP contribution is 2.09. The molecule has 0 aliphatic heterocycles. The Labute approximate surface area is 93.8 Å². The number of hydrogen-bond acceptors (Lipinski definition) is 6. The number of nitrogens with zero attached hydrogens (tertiary/aromatic N) is 2. The van der Waals surface area contributed by atoms with Crippen molar-refractivity contribution < 1.29 is 14.3 Å². The topological polar surface area (TPSA) is 87.3 Å². The van der Waals surface area contributed by atoms with Crippen LogP contribution in [0.15, 0.2) is 6.20 Å². The van der Waals surface area contributed by atoms with Gasteiger partial charge in [-0.05, 0) is 6.92 Å². The maximum atomic E-state index is 11.4. The lowest BCUT2D eigenvalue weighted by Gasteiger charge is -2.05. The Morgan fingerprint density at radius 1 is 1.56 bits per heavy atom. The largest absolute Gasteiger partial charge is 0.462 e. The Morgan fingerprint density at radius 3 is 2.88 bits per heavy atom. The van der Waals surface area contributed by atoms with Gasteiger partial charge in [0.25, 0.3) is 0 Å². The molecule has 0 amide bonds. The Hall–Kier alpha value is -1.69. The van der Waals surface area contributed by atoms with Crippen LogP contribution in [0.4, 0.5) is 5.82 Å². The molecule has 0 unspecified atom stereocenters. The minimum atomic E-state index is -0.502. The minimum Gasteiger partial charge on any atom is -0.462 e.